The highest BCUT2D eigenvalue weighted by atomic mass is 32.2. The lowest BCUT2D eigenvalue weighted by Gasteiger charge is -2.04. The molecular formula is C13H13N3OS. The highest BCUT2D eigenvalue weighted by Gasteiger charge is 2.00. The summed E-state index contributed by atoms with van der Waals surface area (Å²) in [4.78, 5) is 16.2. The summed E-state index contributed by atoms with van der Waals surface area (Å²) in [5.74, 6) is -0.0735. The molecule has 0 atom stereocenters. The van der Waals surface area contributed by atoms with Gasteiger partial charge in [-0.15, -0.1) is 0 Å². The molecule has 92 valence electrons. The van der Waals surface area contributed by atoms with Gasteiger partial charge in [-0.3, -0.25) is 4.79 Å². The Morgan fingerprint density at radius 1 is 1.22 bits per heavy atom. The van der Waals surface area contributed by atoms with Crippen LogP contribution in [0.15, 0.2) is 52.5 Å². The Morgan fingerprint density at radius 3 is 2.50 bits per heavy atom. The van der Waals surface area contributed by atoms with Crippen molar-refractivity contribution in [3.05, 3.63) is 42.6 Å². The first-order valence-electron chi connectivity index (χ1n) is 5.40. The summed E-state index contributed by atoms with van der Waals surface area (Å²) in [5, 5.41) is 3.61. The molecule has 0 bridgehead atoms. The van der Waals surface area contributed by atoms with E-state index < -0.39 is 0 Å². The number of aromatic nitrogens is 1. The molecule has 0 spiro atoms. The molecule has 0 aliphatic rings. The van der Waals surface area contributed by atoms with Gasteiger partial charge in [0.2, 0.25) is 5.91 Å². The van der Waals surface area contributed by atoms with Crippen molar-refractivity contribution in [1.29, 1.82) is 0 Å². The average molecular weight is 259 g/mol. The van der Waals surface area contributed by atoms with Gasteiger partial charge in [0.15, 0.2) is 0 Å². The van der Waals surface area contributed by atoms with Crippen LogP contribution in [0.5, 0.6) is 0 Å². The first-order chi connectivity index (χ1) is 8.63. The van der Waals surface area contributed by atoms with Crippen molar-refractivity contribution in [3.8, 4) is 0 Å². The van der Waals surface area contributed by atoms with E-state index in [0.717, 1.165) is 15.6 Å². The Morgan fingerprint density at radius 2 is 1.94 bits per heavy atom. The minimum absolute atomic E-state index is 0.0735. The Bertz CT molecular complexity index is 537. The maximum absolute atomic E-state index is 10.9. The van der Waals surface area contributed by atoms with Crippen molar-refractivity contribution in [1.82, 2.24) is 4.98 Å². The van der Waals surface area contributed by atoms with Gasteiger partial charge in [0.05, 0.1) is 11.9 Å². The van der Waals surface area contributed by atoms with Crippen LogP contribution in [0.4, 0.5) is 11.4 Å². The van der Waals surface area contributed by atoms with Crippen LogP contribution in [0.3, 0.4) is 0 Å². The van der Waals surface area contributed by atoms with E-state index in [1.807, 2.05) is 36.4 Å². The Balaban J connectivity index is 2.06. The predicted molar refractivity (Wildman–Crippen MR) is 73.5 cm³/mol. The molecule has 1 aromatic heterocycles. The van der Waals surface area contributed by atoms with Crippen molar-refractivity contribution in [2.75, 3.05) is 11.1 Å². The second kappa shape index (κ2) is 5.55. The first-order valence-corrected chi connectivity index (χ1v) is 6.22. The number of nitrogens with two attached hydrogens (primary N) is 1. The summed E-state index contributed by atoms with van der Waals surface area (Å²) in [7, 11) is 0. The number of pyridine rings is 1. The third-order valence-corrected chi connectivity index (χ3v) is 3.11. The predicted octanol–water partition coefficient (Wildman–Crippen LogP) is 2.77. The molecule has 0 fully saturated rings. The lowest BCUT2D eigenvalue weighted by atomic mass is 10.3. The standard InChI is InChI=1S/C13H13N3OS/c1-9(17)16-11-3-5-12(6-4-11)18-13-7-2-10(14)8-15-13/h2-8H,14H2,1H3,(H,16,17). The summed E-state index contributed by atoms with van der Waals surface area (Å²) in [6.45, 7) is 1.49. The number of hydrogen-bond donors (Lipinski definition) is 2. The molecule has 0 aliphatic carbocycles. The summed E-state index contributed by atoms with van der Waals surface area (Å²) in [6.07, 6.45) is 1.63. The fourth-order valence-electron chi connectivity index (χ4n) is 1.38. The van der Waals surface area contributed by atoms with Crippen LogP contribution >= 0.6 is 11.8 Å². The number of hydrogen-bond acceptors (Lipinski definition) is 4. The smallest absolute Gasteiger partial charge is 0.221 e. The zero-order valence-electron chi connectivity index (χ0n) is 9.88. The van der Waals surface area contributed by atoms with Crippen LogP contribution in [0.2, 0.25) is 0 Å². The number of nitrogen functional groups attached to an aromatic ring is 1. The first kappa shape index (κ1) is 12.4. The SMILES string of the molecule is CC(=O)Nc1ccc(Sc2ccc(N)cn2)cc1. The van der Waals surface area contributed by atoms with Gasteiger partial charge in [-0.05, 0) is 36.4 Å². The van der Waals surface area contributed by atoms with Gasteiger partial charge in [-0.1, -0.05) is 11.8 Å². The zero-order valence-corrected chi connectivity index (χ0v) is 10.7. The van der Waals surface area contributed by atoms with Crippen LogP contribution < -0.4 is 11.1 Å². The third kappa shape index (κ3) is 3.49. The quantitative estimate of drug-likeness (QED) is 0.889. The highest BCUT2D eigenvalue weighted by Crippen LogP contribution is 2.27. The zero-order chi connectivity index (χ0) is 13.0. The highest BCUT2D eigenvalue weighted by molar-refractivity contribution is 7.99. The van der Waals surface area contributed by atoms with Crippen LogP contribution in [0, 0.1) is 0 Å². The Hall–Kier alpha value is -2.01. The number of benzene rings is 1. The molecule has 3 N–H and O–H groups in total. The molecule has 0 radical (unpaired) electrons. The van der Waals surface area contributed by atoms with E-state index in [0.29, 0.717) is 5.69 Å². The van der Waals surface area contributed by atoms with Crippen molar-refractivity contribution >= 4 is 29.0 Å². The molecule has 1 aromatic carbocycles. The monoisotopic (exact) mass is 259 g/mol. The fourth-order valence-corrected chi connectivity index (χ4v) is 2.14. The molecule has 5 heteroatoms. The second-order valence-electron chi connectivity index (χ2n) is 3.74. The average Bonchev–Trinajstić information content (AvgIpc) is 2.34. The Kier molecular flexibility index (Phi) is 3.84. The molecule has 1 amide bonds. The fraction of sp³-hybridized carbons (Fsp3) is 0.0769. The van der Waals surface area contributed by atoms with Gasteiger partial charge in [0.1, 0.15) is 5.03 Å². The van der Waals surface area contributed by atoms with Crippen molar-refractivity contribution < 1.29 is 4.79 Å². The molecule has 2 aromatic rings. The molecule has 0 saturated carbocycles. The maximum atomic E-state index is 10.9. The van der Waals surface area contributed by atoms with Crippen LogP contribution in [0.1, 0.15) is 6.92 Å². The normalized spacial score (nSPS) is 10.1. The van der Waals surface area contributed by atoms with Crippen LogP contribution in [-0.2, 0) is 4.79 Å². The van der Waals surface area contributed by atoms with E-state index in [2.05, 4.69) is 10.3 Å². The van der Waals surface area contributed by atoms with Gasteiger partial charge in [0.25, 0.3) is 0 Å². The van der Waals surface area contributed by atoms with E-state index in [4.69, 9.17) is 5.73 Å². The number of amides is 1. The largest absolute Gasteiger partial charge is 0.397 e. The van der Waals surface area contributed by atoms with Gasteiger partial charge < -0.3 is 11.1 Å². The van der Waals surface area contributed by atoms with Gasteiger partial charge >= 0.3 is 0 Å². The maximum Gasteiger partial charge on any atom is 0.221 e. The van der Waals surface area contributed by atoms with Crippen molar-refractivity contribution in [2.24, 2.45) is 0 Å². The topological polar surface area (TPSA) is 68.0 Å². The summed E-state index contributed by atoms with van der Waals surface area (Å²) in [6, 6.07) is 11.3. The van der Waals surface area contributed by atoms with E-state index in [1.54, 1.807) is 18.0 Å². The van der Waals surface area contributed by atoms with Gasteiger partial charge in [-0.25, -0.2) is 4.98 Å². The number of carbonyl (C=O) groups is 1. The molecule has 18 heavy (non-hydrogen) atoms. The number of anilines is 2. The lowest BCUT2D eigenvalue weighted by molar-refractivity contribution is -0.114. The van der Waals surface area contributed by atoms with Crippen LogP contribution in [-0.4, -0.2) is 10.9 Å². The third-order valence-electron chi connectivity index (χ3n) is 2.16. The minimum atomic E-state index is -0.0735. The van der Waals surface area contributed by atoms with E-state index in [9.17, 15) is 4.79 Å². The number of rotatable bonds is 3. The number of nitrogens with one attached hydrogen (secondary N) is 1. The van der Waals surface area contributed by atoms with Gasteiger partial charge in [-0.2, -0.15) is 0 Å². The van der Waals surface area contributed by atoms with Crippen molar-refractivity contribution in [2.45, 2.75) is 16.8 Å². The van der Waals surface area contributed by atoms with E-state index >= 15 is 0 Å². The minimum Gasteiger partial charge on any atom is -0.397 e. The summed E-state index contributed by atoms with van der Waals surface area (Å²) in [5.41, 5.74) is 7.02. The molecule has 0 aliphatic heterocycles. The molecule has 4 nitrogen and oxygen atoms in total. The summed E-state index contributed by atoms with van der Waals surface area (Å²) < 4.78 is 0. The van der Waals surface area contributed by atoms with Gasteiger partial charge in [0, 0.05) is 17.5 Å². The molecule has 2 rings (SSSR count). The van der Waals surface area contributed by atoms with E-state index in [-0.39, 0.29) is 5.91 Å². The molecule has 0 saturated heterocycles. The molecular weight excluding hydrogens is 246 g/mol. The van der Waals surface area contributed by atoms with Crippen molar-refractivity contribution in [3.63, 3.8) is 0 Å². The molecule has 1 heterocycles. The Labute approximate surface area is 110 Å². The van der Waals surface area contributed by atoms with Crippen LogP contribution in [0.25, 0.3) is 0 Å². The number of nitrogens with zero attached hydrogens (tertiary/aromatic N) is 1. The summed E-state index contributed by atoms with van der Waals surface area (Å²) >= 11 is 1.54. The number of carbonyl (C=O) groups excluding carboxylic acids is 1. The van der Waals surface area contributed by atoms with E-state index in [1.165, 1.54) is 6.92 Å². The lowest BCUT2D eigenvalue weighted by Crippen LogP contribution is -2.05. The second-order valence-corrected chi connectivity index (χ2v) is 4.83. The molecule has 0 unspecified atom stereocenters.